The molecule has 2 aliphatic rings. The molecule has 27 heavy (non-hydrogen) atoms. The minimum atomic E-state index is 0. The largest absolute Gasteiger partial charge is 0.379 e. The predicted molar refractivity (Wildman–Crippen MR) is 123 cm³/mol. The molecule has 0 bridgehead atoms. The van der Waals surface area contributed by atoms with E-state index in [9.17, 15) is 0 Å². The number of ether oxygens (including phenoxy) is 1. The van der Waals surface area contributed by atoms with Crippen molar-refractivity contribution in [2.45, 2.75) is 39.7 Å². The Morgan fingerprint density at radius 2 is 2.15 bits per heavy atom. The minimum Gasteiger partial charge on any atom is -0.379 e. The normalized spacial score (nSPS) is 21.6. The second-order valence-electron chi connectivity index (χ2n) is 7.52. The molecule has 3 rings (SSSR count). The molecule has 1 unspecified atom stereocenters. The molecule has 3 heterocycles. The van der Waals surface area contributed by atoms with Gasteiger partial charge in [0.1, 0.15) is 0 Å². The van der Waals surface area contributed by atoms with Gasteiger partial charge in [-0.1, -0.05) is 13.8 Å². The average molecular weight is 507 g/mol. The Hall–Kier alpha value is -0.450. The quantitative estimate of drug-likeness (QED) is 0.365. The second-order valence-corrected chi connectivity index (χ2v) is 8.41. The standard InChI is InChI=1S/C19H33N5OS.HI/c1-4-20-19(21-11-17-14-26-18(22-17)15(2)3)24-6-5-16(13-24)12-23-7-9-25-10-8-23;/h14-16H,4-13H2,1-3H3,(H,20,21);1H. The van der Waals surface area contributed by atoms with E-state index in [-0.39, 0.29) is 24.0 Å². The van der Waals surface area contributed by atoms with E-state index in [0.717, 1.165) is 63.5 Å². The van der Waals surface area contributed by atoms with Crippen molar-refractivity contribution < 1.29 is 4.74 Å². The Kier molecular flexibility index (Phi) is 9.75. The number of hydrogen-bond acceptors (Lipinski definition) is 5. The van der Waals surface area contributed by atoms with Crippen LogP contribution in [0.25, 0.3) is 0 Å². The third kappa shape index (κ3) is 6.83. The Labute approximate surface area is 184 Å². The molecule has 2 fully saturated rings. The van der Waals surface area contributed by atoms with E-state index in [1.165, 1.54) is 18.0 Å². The number of nitrogens with one attached hydrogen (secondary N) is 1. The second kappa shape index (κ2) is 11.5. The van der Waals surface area contributed by atoms with Crippen molar-refractivity contribution in [1.82, 2.24) is 20.1 Å². The fourth-order valence-corrected chi connectivity index (χ4v) is 4.39. The summed E-state index contributed by atoms with van der Waals surface area (Å²) in [6, 6.07) is 0. The third-order valence-corrected chi connectivity index (χ3v) is 6.19. The highest BCUT2D eigenvalue weighted by Crippen LogP contribution is 2.21. The van der Waals surface area contributed by atoms with E-state index in [2.05, 4.69) is 41.3 Å². The fraction of sp³-hybridized carbons (Fsp3) is 0.789. The van der Waals surface area contributed by atoms with Crippen LogP contribution in [-0.2, 0) is 11.3 Å². The summed E-state index contributed by atoms with van der Waals surface area (Å²) >= 11 is 1.74. The molecular weight excluding hydrogens is 473 g/mol. The van der Waals surface area contributed by atoms with Gasteiger partial charge in [-0.3, -0.25) is 4.90 Å². The van der Waals surface area contributed by atoms with Crippen molar-refractivity contribution >= 4 is 41.3 Å². The summed E-state index contributed by atoms with van der Waals surface area (Å²) in [4.78, 5) is 14.5. The van der Waals surface area contributed by atoms with Crippen LogP contribution in [0.1, 0.15) is 43.8 Å². The van der Waals surface area contributed by atoms with Gasteiger partial charge in [-0.25, -0.2) is 9.98 Å². The van der Waals surface area contributed by atoms with Crippen LogP contribution in [0.15, 0.2) is 10.4 Å². The lowest BCUT2D eigenvalue weighted by molar-refractivity contribution is 0.0315. The summed E-state index contributed by atoms with van der Waals surface area (Å²) < 4.78 is 5.46. The molecule has 154 valence electrons. The summed E-state index contributed by atoms with van der Waals surface area (Å²) in [5.74, 6) is 2.25. The van der Waals surface area contributed by atoms with Crippen molar-refractivity contribution in [2.24, 2.45) is 10.9 Å². The zero-order chi connectivity index (χ0) is 18.4. The van der Waals surface area contributed by atoms with Crippen LogP contribution in [0.4, 0.5) is 0 Å². The van der Waals surface area contributed by atoms with E-state index < -0.39 is 0 Å². The molecule has 1 aromatic rings. The topological polar surface area (TPSA) is 53.0 Å². The van der Waals surface area contributed by atoms with Crippen LogP contribution in [-0.4, -0.2) is 73.2 Å². The lowest BCUT2D eigenvalue weighted by atomic mass is 10.1. The van der Waals surface area contributed by atoms with E-state index in [1.807, 2.05) is 0 Å². The van der Waals surface area contributed by atoms with Gasteiger partial charge in [0.2, 0.25) is 0 Å². The average Bonchev–Trinajstić information content (AvgIpc) is 3.29. The van der Waals surface area contributed by atoms with Gasteiger partial charge in [0, 0.05) is 50.6 Å². The first kappa shape index (κ1) is 22.8. The van der Waals surface area contributed by atoms with Gasteiger partial charge in [0.05, 0.1) is 30.5 Å². The monoisotopic (exact) mass is 507 g/mol. The molecule has 0 aliphatic carbocycles. The number of halogens is 1. The first-order chi connectivity index (χ1) is 12.7. The van der Waals surface area contributed by atoms with E-state index in [0.29, 0.717) is 12.5 Å². The highest BCUT2D eigenvalue weighted by atomic mass is 127. The maximum atomic E-state index is 5.46. The summed E-state index contributed by atoms with van der Waals surface area (Å²) in [7, 11) is 0. The number of aliphatic imine (C=N–C) groups is 1. The zero-order valence-electron chi connectivity index (χ0n) is 16.8. The SMILES string of the molecule is CCNC(=NCc1csc(C(C)C)n1)N1CCC(CN2CCOCC2)C1.I. The Morgan fingerprint density at radius 1 is 1.37 bits per heavy atom. The maximum absolute atomic E-state index is 5.46. The van der Waals surface area contributed by atoms with E-state index in [1.54, 1.807) is 11.3 Å². The molecule has 1 atom stereocenters. The molecule has 1 N–H and O–H groups in total. The summed E-state index contributed by atoms with van der Waals surface area (Å²) in [6.45, 7) is 15.4. The number of aromatic nitrogens is 1. The highest BCUT2D eigenvalue weighted by molar-refractivity contribution is 14.0. The van der Waals surface area contributed by atoms with Crippen LogP contribution in [0.3, 0.4) is 0 Å². The molecule has 2 saturated heterocycles. The van der Waals surface area contributed by atoms with Crippen molar-refractivity contribution in [2.75, 3.05) is 52.5 Å². The Bertz CT molecular complexity index is 588. The first-order valence-corrected chi connectivity index (χ1v) is 10.8. The van der Waals surface area contributed by atoms with Crippen LogP contribution in [0.2, 0.25) is 0 Å². The molecule has 6 nitrogen and oxygen atoms in total. The Balaban J connectivity index is 0.00000261. The number of guanidine groups is 1. The molecule has 8 heteroatoms. The predicted octanol–water partition coefficient (Wildman–Crippen LogP) is 3.00. The molecule has 2 aliphatic heterocycles. The minimum absolute atomic E-state index is 0. The molecule has 0 amide bonds. The van der Waals surface area contributed by atoms with E-state index in [4.69, 9.17) is 14.7 Å². The van der Waals surface area contributed by atoms with Crippen LogP contribution in [0, 0.1) is 5.92 Å². The smallest absolute Gasteiger partial charge is 0.194 e. The van der Waals surface area contributed by atoms with Crippen molar-refractivity contribution in [1.29, 1.82) is 0 Å². The lowest BCUT2D eigenvalue weighted by Gasteiger charge is -2.29. The van der Waals surface area contributed by atoms with Gasteiger partial charge in [-0.05, 0) is 19.3 Å². The summed E-state index contributed by atoms with van der Waals surface area (Å²) in [6.07, 6.45) is 1.25. The van der Waals surface area contributed by atoms with Crippen molar-refractivity contribution in [3.8, 4) is 0 Å². The maximum Gasteiger partial charge on any atom is 0.194 e. The summed E-state index contributed by atoms with van der Waals surface area (Å²) in [5.41, 5.74) is 1.08. The number of thiazole rings is 1. The molecule has 1 aromatic heterocycles. The third-order valence-electron chi connectivity index (χ3n) is 4.99. The molecule has 0 aromatic carbocycles. The first-order valence-electron chi connectivity index (χ1n) is 9.93. The van der Waals surface area contributed by atoms with Crippen LogP contribution >= 0.6 is 35.3 Å². The molecule has 0 radical (unpaired) electrons. The van der Waals surface area contributed by atoms with Gasteiger partial charge in [-0.2, -0.15) is 0 Å². The van der Waals surface area contributed by atoms with Crippen LogP contribution in [0.5, 0.6) is 0 Å². The van der Waals surface area contributed by atoms with E-state index >= 15 is 0 Å². The molecule has 0 saturated carbocycles. The van der Waals surface area contributed by atoms with Crippen molar-refractivity contribution in [3.63, 3.8) is 0 Å². The van der Waals surface area contributed by atoms with Crippen molar-refractivity contribution in [3.05, 3.63) is 16.1 Å². The lowest BCUT2D eigenvalue weighted by Crippen LogP contribution is -2.42. The summed E-state index contributed by atoms with van der Waals surface area (Å²) in [5, 5.41) is 6.81. The number of likely N-dealkylation sites (tertiary alicyclic amines) is 1. The highest BCUT2D eigenvalue weighted by Gasteiger charge is 2.27. The fourth-order valence-electron chi connectivity index (χ4n) is 3.57. The number of morpholine rings is 1. The number of rotatable bonds is 6. The molecular formula is C19H34IN5OS. The van der Waals surface area contributed by atoms with Crippen LogP contribution < -0.4 is 5.32 Å². The number of nitrogens with zero attached hydrogens (tertiary/aromatic N) is 4. The molecule has 0 spiro atoms. The Morgan fingerprint density at radius 3 is 2.81 bits per heavy atom. The van der Waals surface area contributed by atoms with Gasteiger partial charge < -0.3 is 15.0 Å². The van der Waals surface area contributed by atoms with Gasteiger partial charge >= 0.3 is 0 Å². The van der Waals surface area contributed by atoms with Gasteiger partial charge in [0.25, 0.3) is 0 Å². The number of hydrogen-bond donors (Lipinski definition) is 1. The van der Waals surface area contributed by atoms with Gasteiger partial charge in [-0.15, -0.1) is 35.3 Å². The zero-order valence-corrected chi connectivity index (χ0v) is 20.0. The van der Waals surface area contributed by atoms with Gasteiger partial charge in [0.15, 0.2) is 5.96 Å².